The standard InChI is InChI=1S/C14H25N3O2/c1-10(2)13-16-11(3)8-12(17-13)15-9-14(4,18)6-7-19-5/h8,10,18H,6-7,9H2,1-5H3,(H,15,16,17). The van der Waals surface area contributed by atoms with Gasteiger partial charge in [0.15, 0.2) is 0 Å². The van der Waals surface area contributed by atoms with E-state index in [1.807, 2.05) is 13.0 Å². The molecule has 0 aliphatic rings. The monoisotopic (exact) mass is 267 g/mol. The number of rotatable bonds is 7. The lowest BCUT2D eigenvalue weighted by Gasteiger charge is -2.23. The molecular weight excluding hydrogens is 242 g/mol. The first-order valence-electron chi connectivity index (χ1n) is 6.65. The summed E-state index contributed by atoms with van der Waals surface area (Å²) in [5.74, 6) is 1.86. The third-order valence-corrected chi connectivity index (χ3v) is 2.88. The average molecular weight is 267 g/mol. The Morgan fingerprint density at radius 3 is 2.68 bits per heavy atom. The van der Waals surface area contributed by atoms with Crippen molar-refractivity contribution >= 4 is 5.82 Å². The molecule has 19 heavy (non-hydrogen) atoms. The molecule has 5 heteroatoms. The number of ether oxygens (including phenoxy) is 1. The highest BCUT2D eigenvalue weighted by atomic mass is 16.5. The van der Waals surface area contributed by atoms with Gasteiger partial charge in [0.2, 0.25) is 0 Å². The molecule has 0 bridgehead atoms. The van der Waals surface area contributed by atoms with Crippen LogP contribution >= 0.6 is 0 Å². The van der Waals surface area contributed by atoms with Crippen LogP contribution in [0.2, 0.25) is 0 Å². The Morgan fingerprint density at radius 1 is 1.42 bits per heavy atom. The van der Waals surface area contributed by atoms with Gasteiger partial charge in [-0.1, -0.05) is 13.8 Å². The van der Waals surface area contributed by atoms with Gasteiger partial charge in [0.25, 0.3) is 0 Å². The maximum absolute atomic E-state index is 10.2. The summed E-state index contributed by atoms with van der Waals surface area (Å²) in [4.78, 5) is 8.85. The van der Waals surface area contributed by atoms with Gasteiger partial charge in [-0.15, -0.1) is 0 Å². The van der Waals surface area contributed by atoms with Crippen molar-refractivity contribution in [2.45, 2.75) is 45.6 Å². The van der Waals surface area contributed by atoms with E-state index in [4.69, 9.17) is 4.74 Å². The molecule has 0 fully saturated rings. The fourth-order valence-corrected chi connectivity index (χ4v) is 1.63. The molecule has 0 saturated carbocycles. The minimum absolute atomic E-state index is 0.287. The zero-order valence-electron chi connectivity index (χ0n) is 12.5. The van der Waals surface area contributed by atoms with E-state index in [9.17, 15) is 5.11 Å². The second-order valence-corrected chi connectivity index (χ2v) is 5.50. The maximum Gasteiger partial charge on any atom is 0.133 e. The maximum atomic E-state index is 10.2. The second kappa shape index (κ2) is 6.82. The molecule has 0 radical (unpaired) electrons. The summed E-state index contributed by atoms with van der Waals surface area (Å²) < 4.78 is 4.99. The summed E-state index contributed by atoms with van der Waals surface area (Å²) in [6.07, 6.45) is 0.581. The zero-order valence-corrected chi connectivity index (χ0v) is 12.5. The van der Waals surface area contributed by atoms with Crippen molar-refractivity contribution in [2.75, 3.05) is 25.6 Å². The van der Waals surface area contributed by atoms with Crippen molar-refractivity contribution in [1.29, 1.82) is 0 Å². The number of anilines is 1. The molecule has 1 atom stereocenters. The van der Waals surface area contributed by atoms with Crippen LogP contribution in [0.4, 0.5) is 5.82 Å². The smallest absolute Gasteiger partial charge is 0.133 e. The van der Waals surface area contributed by atoms with Crippen molar-refractivity contribution in [3.05, 3.63) is 17.6 Å². The van der Waals surface area contributed by atoms with Gasteiger partial charge >= 0.3 is 0 Å². The Hall–Kier alpha value is -1.20. The van der Waals surface area contributed by atoms with Gasteiger partial charge in [0, 0.05) is 44.4 Å². The first-order chi connectivity index (χ1) is 8.84. The summed E-state index contributed by atoms with van der Waals surface area (Å²) in [5, 5.41) is 13.3. The SMILES string of the molecule is COCCC(C)(O)CNc1cc(C)nc(C(C)C)n1. The Morgan fingerprint density at radius 2 is 2.11 bits per heavy atom. The number of aryl methyl sites for hydroxylation is 1. The Kier molecular flexibility index (Phi) is 5.69. The number of hydrogen-bond donors (Lipinski definition) is 2. The van der Waals surface area contributed by atoms with Gasteiger partial charge in [-0.3, -0.25) is 0 Å². The van der Waals surface area contributed by atoms with E-state index in [1.54, 1.807) is 14.0 Å². The summed E-state index contributed by atoms with van der Waals surface area (Å²) in [6, 6.07) is 1.89. The van der Waals surface area contributed by atoms with E-state index in [2.05, 4.69) is 29.1 Å². The Bertz CT molecular complexity index is 406. The lowest BCUT2D eigenvalue weighted by molar-refractivity contribution is 0.0357. The molecule has 0 amide bonds. The van der Waals surface area contributed by atoms with Crippen LogP contribution in [0.3, 0.4) is 0 Å². The van der Waals surface area contributed by atoms with E-state index >= 15 is 0 Å². The fourth-order valence-electron chi connectivity index (χ4n) is 1.63. The lowest BCUT2D eigenvalue weighted by Crippen LogP contribution is -2.35. The first kappa shape index (κ1) is 15.9. The number of hydrogen-bond acceptors (Lipinski definition) is 5. The molecule has 0 spiro atoms. The van der Waals surface area contributed by atoms with Gasteiger partial charge in [-0.2, -0.15) is 0 Å². The summed E-state index contributed by atoms with van der Waals surface area (Å²) >= 11 is 0. The topological polar surface area (TPSA) is 67.3 Å². The molecule has 5 nitrogen and oxygen atoms in total. The minimum Gasteiger partial charge on any atom is -0.388 e. The van der Waals surface area contributed by atoms with E-state index in [1.165, 1.54) is 0 Å². The Balaban J connectivity index is 2.67. The van der Waals surface area contributed by atoms with Gasteiger partial charge in [-0.05, 0) is 13.8 Å². The third-order valence-electron chi connectivity index (χ3n) is 2.88. The number of nitrogens with zero attached hydrogens (tertiary/aromatic N) is 2. The van der Waals surface area contributed by atoms with E-state index in [0.29, 0.717) is 19.6 Å². The molecule has 2 N–H and O–H groups in total. The van der Waals surface area contributed by atoms with Crippen LogP contribution in [0.15, 0.2) is 6.07 Å². The zero-order chi connectivity index (χ0) is 14.5. The molecule has 1 aromatic heterocycles. The van der Waals surface area contributed by atoms with Crippen molar-refractivity contribution < 1.29 is 9.84 Å². The van der Waals surface area contributed by atoms with Gasteiger partial charge < -0.3 is 15.2 Å². The predicted molar refractivity (Wildman–Crippen MR) is 76.5 cm³/mol. The van der Waals surface area contributed by atoms with Crippen molar-refractivity contribution in [3.8, 4) is 0 Å². The molecule has 108 valence electrons. The fraction of sp³-hybridized carbons (Fsp3) is 0.714. The highest BCUT2D eigenvalue weighted by Crippen LogP contribution is 2.15. The van der Waals surface area contributed by atoms with Gasteiger partial charge in [0.05, 0.1) is 5.60 Å². The largest absolute Gasteiger partial charge is 0.388 e. The molecule has 0 aliphatic carbocycles. The summed E-state index contributed by atoms with van der Waals surface area (Å²) in [6.45, 7) is 8.83. The highest BCUT2D eigenvalue weighted by molar-refractivity contribution is 5.36. The van der Waals surface area contributed by atoms with Crippen molar-refractivity contribution in [2.24, 2.45) is 0 Å². The molecule has 1 unspecified atom stereocenters. The quantitative estimate of drug-likeness (QED) is 0.792. The van der Waals surface area contributed by atoms with E-state index in [0.717, 1.165) is 17.3 Å². The van der Waals surface area contributed by atoms with Crippen molar-refractivity contribution in [3.63, 3.8) is 0 Å². The average Bonchev–Trinajstić information content (AvgIpc) is 2.33. The molecule has 0 saturated heterocycles. The number of aliphatic hydroxyl groups is 1. The molecule has 0 aliphatic heterocycles. The minimum atomic E-state index is -0.813. The molecule has 1 aromatic rings. The van der Waals surface area contributed by atoms with Crippen LogP contribution < -0.4 is 5.32 Å². The van der Waals surface area contributed by atoms with Gasteiger partial charge in [0.1, 0.15) is 11.6 Å². The van der Waals surface area contributed by atoms with Crippen LogP contribution in [0.25, 0.3) is 0 Å². The van der Waals surface area contributed by atoms with Gasteiger partial charge in [-0.25, -0.2) is 9.97 Å². The van der Waals surface area contributed by atoms with Crippen LogP contribution in [0, 0.1) is 6.92 Å². The summed E-state index contributed by atoms with van der Waals surface area (Å²) in [7, 11) is 1.63. The summed E-state index contributed by atoms with van der Waals surface area (Å²) in [5.41, 5.74) is 0.116. The second-order valence-electron chi connectivity index (χ2n) is 5.50. The van der Waals surface area contributed by atoms with Crippen LogP contribution in [0.1, 0.15) is 44.6 Å². The van der Waals surface area contributed by atoms with Crippen LogP contribution in [-0.4, -0.2) is 40.9 Å². The predicted octanol–water partition coefficient (Wildman–Crippen LogP) is 2.11. The molecule has 1 heterocycles. The highest BCUT2D eigenvalue weighted by Gasteiger charge is 2.20. The normalized spacial score (nSPS) is 14.5. The number of methoxy groups -OCH3 is 1. The van der Waals surface area contributed by atoms with E-state index < -0.39 is 5.60 Å². The van der Waals surface area contributed by atoms with Crippen molar-refractivity contribution in [1.82, 2.24) is 9.97 Å². The number of nitrogens with one attached hydrogen (secondary N) is 1. The van der Waals surface area contributed by atoms with E-state index in [-0.39, 0.29) is 5.92 Å². The first-order valence-corrected chi connectivity index (χ1v) is 6.65. The molecule has 1 rings (SSSR count). The molecular formula is C14H25N3O2. The third kappa shape index (κ3) is 5.53. The van der Waals surface area contributed by atoms with Crippen LogP contribution in [0.5, 0.6) is 0 Å². The van der Waals surface area contributed by atoms with Crippen LogP contribution in [-0.2, 0) is 4.74 Å². The lowest BCUT2D eigenvalue weighted by atomic mass is 10.0. The Labute approximate surface area is 115 Å². The number of aromatic nitrogens is 2. The molecule has 0 aromatic carbocycles.